The molecule has 0 fully saturated rings. The Morgan fingerprint density at radius 1 is 0.280 bits per heavy atom. The summed E-state index contributed by atoms with van der Waals surface area (Å²) in [6.07, 6.45) is 0. The third-order valence-electron chi connectivity index (χ3n) is 16.0. The Kier molecular flexibility index (Phi) is 12.1. The van der Waals surface area contributed by atoms with Gasteiger partial charge in [0.2, 0.25) is 0 Å². The first-order valence-corrected chi connectivity index (χ1v) is 27.0. The topological polar surface area (TPSA) is 6.48 Å². The van der Waals surface area contributed by atoms with Crippen LogP contribution in [-0.4, -0.2) is 0 Å². The first-order valence-electron chi connectivity index (χ1n) is 27.0. The molecule has 0 unspecified atom stereocenters. The average molecular weight is 977 g/mol. The fraction of sp³-hybridized carbons (Fsp3) is 0.233. The van der Waals surface area contributed by atoms with Crippen LogP contribution in [0, 0.1) is 0 Å². The molecule has 0 saturated heterocycles. The van der Waals surface area contributed by atoms with E-state index in [4.69, 9.17) is 0 Å². The van der Waals surface area contributed by atoms with Crippen LogP contribution in [0.1, 0.15) is 128 Å². The molecule has 0 spiro atoms. The molecule has 0 amide bonds. The fourth-order valence-electron chi connectivity index (χ4n) is 11.8. The number of hydrogen-bond acceptors (Lipinski definition) is 2. The van der Waals surface area contributed by atoms with E-state index in [0.29, 0.717) is 0 Å². The summed E-state index contributed by atoms with van der Waals surface area (Å²) in [7, 11) is 0. The van der Waals surface area contributed by atoms with Crippen molar-refractivity contribution < 1.29 is 0 Å². The largest absolute Gasteiger partial charge is 0.310 e. The minimum Gasteiger partial charge on any atom is -0.310 e. The van der Waals surface area contributed by atoms with Crippen LogP contribution in [0.4, 0.5) is 34.1 Å². The van der Waals surface area contributed by atoms with Crippen molar-refractivity contribution in [3.63, 3.8) is 0 Å². The molecule has 0 atom stereocenters. The van der Waals surface area contributed by atoms with Crippen LogP contribution in [0.15, 0.2) is 218 Å². The molecule has 0 aliphatic heterocycles. The summed E-state index contributed by atoms with van der Waals surface area (Å²) in [4.78, 5) is 4.90. The first kappa shape index (κ1) is 49.5. The molecule has 10 aromatic rings. The highest BCUT2D eigenvalue weighted by molar-refractivity contribution is 6.20. The highest BCUT2D eigenvalue weighted by atomic mass is 15.1. The van der Waals surface area contributed by atoms with E-state index in [9.17, 15) is 0 Å². The smallest absolute Gasteiger partial charge is 0.0720 e. The van der Waals surface area contributed by atoms with E-state index in [1.165, 1.54) is 77.2 Å². The molecule has 11 rings (SSSR count). The molecule has 0 bridgehead atoms. The molecule has 0 N–H and O–H groups in total. The number of benzene rings is 10. The van der Waals surface area contributed by atoms with Gasteiger partial charge in [0.25, 0.3) is 0 Å². The average Bonchev–Trinajstić information content (AvgIpc) is 3.80. The first-order chi connectivity index (χ1) is 35.7. The summed E-state index contributed by atoms with van der Waals surface area (Å²) in [5.74, 6) is 0. The predicted molar refractivity (Wildman–Crippen MR) is 323 cm³/mol. The Hall–Kier alpha value is -7.68. The molecule has 1 aliphatic rings. The summed E-state index contributed by atoms with van der Waals surface area (Å²) in [6.45, 7) is 27.5. The van der Waals surface area contributed by atoms with Crippen molar-refractivity contribution in [3.8, 4) is 11.1 Å². The highest BCUT2D eigenvalue weighted by Crippen LogP contribution is 2.61. The standard InChI is InChI=1S/C73H72N2/c1-69(2,3)49-27-35-55(36-28-49)74(56-37-29-50(30-38-56)70(4,5)6)59-43-45-63-65(47-59)61-25-19-20-26-62(61)67-64-46-44-60(48-66(64)73(68(63)67,53-21-15-13-16-22-53)54-23-17-14-18-24-54)75(57-39-31-51(32-40-57)71(7,8)9)58-41-33-52(34-42-58)72(10,11)12/h13-48H,1-12H3. The van der Waals surface area contributed by atoms with E-state index < -0.39 is 5.41 Å². The second kappa shape index (κ2) is 18.3. The van der Waals surface area contributed by atoms with E-state index in [1.54, 1.807) is 0 Å². The predicted octanol–water partition coefficient (Wildman–Crippen LogP) is 20.5. The van der Waals surface area contributed by atoms with Gasteiger partial charge in [0, 0.05) is 34.1 Å². The minimum absolute atomic E-state index is 0.0298. The number of hydrogen-bond donors (Lipinski definition) is 0. The van der Waals surface area contributed by atoms with Crippen molar-refractivity contribution in [2.45, 2.75) is 110 Å². The van der Waals surface area contributed by atoms with Crippen LogP contribution in [0.5, 0.6) is 0 Å². The highest BCUT2D eigenvalue weighted by Gasteiger charge is 2.48. The Labute approximate surface area is 447 Å². The summed E-state index contributed by atoms with van der Waals surface area (Å²) in [5, 5.41) is 4.97. The van der Waals surface area contributed by atoms with Crippen LogP contribution in [0.25, 0.3) is 32.7 Å². The zero-order chi connectivity index (χ0) is 52.7. The maximum Gasteiger partial charge on any atom is 0.0720 e. The number of fused-ring (bicyclic) bond motifs is 8. The third-order valence-corrected chi connectivity index (χ3v) is 16.0. The Balaban J connectivity index is 1.20. The van der Waals surface area contributed by atoms with Gasteiger partial charge < -0.3 is 9.80 Å². The fourth-order valence-corrected chi connectivity index (χ4v) is 11.8. The van der Waals surface area contributed by atoms with Gasteiger partial charge in [0.1, 0.15) is 0 Å². The number of rotatable bonds is 8. The van der Waals surface area contributed by atoms with Crippen LogP contribution >= 0.6 is 0 Å². The Bertz CT molecular complexity index is 3530. The summed E-state index contributed by atoms with van der Waals surface area (Å²) in [5.41, 5.74) is 19.1. The van der Waals surface area contributed by atoms with Gasteiger partial charge in [-0.25, -0.2) is 0 Å². The van der Waals surface area contributed by atoms with Crippen molar-refractivity contribution >= 4 is 55.7 Å². The zero-order valence-electron chi connectivity index (χ0n) is 46.2. The van der Waals surface area contributed by atoms with Gasteiger partial charge in [-0.15, -0.1) is 0 Å². The van der Waals surface area contributed by atoms with Crippen LogP contribution < -0.4 is 9.80 Å². The van der Waals surface area contributed by atoms with Gasteiger partial charge in [-0.3, -0.25) is 0 Å². The Morgan fingerprint density at radius 2 is 0.613 bits per heavy atom. The van der Waals surface area contributed by atoms with E-state index in [-0.39, 0.29) is 21.7 Å². The second-order valence-corrected chi connectivity index (χ2v) is 25.1. The van der Waals surface area contributed by atoms with Crippen LogP contribution in [-0.2, 0) is 27.1 Å². The lowest BCUT2D eigenvalue weighted by molar-refractivity contribution is 0.590. The molecule has 0 saturated carbocycles. The lowest BCUT2D eigenvalue weighted by Crippen LogP contribution is -2.29. The molecule has 374 valence electrons. The Morgan fingerprint density at radius 3 is 1.00 bits per heavy atom. The van der Waals surface area contributed by atoms with E-state index >= 15 is 0 Å². The maximum atomic E-state index is 2.52. The maximum absolute atomic E-state index is 2.52. The van der Waals surface area contributed by atoms with Gasteiger partial charge in [-0.2, -0.15) is 0 Å². The summed E-state index contributed by atoms with van der Waals surface area (Å²) in [6, 6.07) is 83.2. The molecule has 75 heavy (non-hydrogen) atoms. The van der Waals surface area contributed by atoms with E-state index in [2.05, 4.69) is 311 Å². The number of anilines is 6. The molecular formula is C73H72N2. The van der Waals surface area contributed by atoms with Gasteiger partial charge in [-0.1, -0.05) is 229 Å². The SMILES string of the molecule is CC(C)(C)c1ccc(N(c2ccc(C(C)(C)C)cc2)c2ccc3c(c2)C(c2ccccc2)(c2ccccc2)c2c-3c3ccccc3c3cc(N(c4ccc(C(C)(C)C)cc4)c4ccc(C(C)(C)C)cc4)ccc23)cc1. The van der Waals surface area contributed by atoms with Crippen molar-refractivity contribution in [1.82, 2.24) is 0 Å². The van der Waals surface area contributed by atoms with E-state index in [1.807, 2.05) is 0 Å². The quantitative estimate of drug-likeness (QED) is 0.140. The minimum atomic E-state index is -0.684. The zero-order valence-corrected chi connectivity index (χ0v) is 46.2. The van der Waals surface area contributed by atoms with Gasteiger partial charge in [0.05, 0.1) is 5.41 Å². The molecule has 2 nitrogen and oxygen atoms in total. The van der Waals surface area contributed by atoms with Crippen molar-refractivity contribution in [2.75, 3.05) is 9.80 Å². The summed E-state index contributed by atoms with van der Waals surface area (Å²) < 4.78 is 0. The second-order valence-electron chi connectivity index (χ2n) is 25.1. The summed E-state index contributed by atoms with van der Waals surface area (Å²) >= 11 is 0. The number of nitrogens with zero attached hydrogens (tertiary/aromatic N) is 2. The van der Waals surface area contributed by atoms with Gasteiger partial charge >= 0.3 is 0 Å². The third kappa shape index (κ3) is 8.73. The van der Waals surface area contributed by atoms with Crippen molar-refractivity contribution in [1.29, 1.82) is 0 Å². The van der Waals surface area contributed by atoms with Crippen LogP contribution in [0.3, 0.4) is 0 Å². The van der Waals surface area contributed by atoms with Gasteiger partial charge in [0.15, 0.2) is 0 Å². The lowest BCUT2D eigenvalue weighted by atomic mass is 9.66. The molecule has 0 radical (unpaired) electrons. The van der Waals surface area contributed by atoms with Crippen molar-refractivity contribution in [2.24, 2.45) is 0 Å². The normalized spacial score (nSPS) is 13.4. The molecule has 1 aliphatic carbocycles. The lowest BCUT2D eigenvalue weighted by Gasteiger charge is -2.36. The molecule has 10 aromatic carbocycles. The van der Waals surface area contributed by atoms with Gasteiger partial charge in [-0.05, 0) is 172 Å². The molecule has 0 aromatic heterocycles. The van der Waals surface area contributed by atoms with E-state index in [0.717, 1.165) is 34.1 Å². The molecule has 2 heteroatoms. The molecule has 0 heterocycles. The van der Waals surface area contributed by atoms with Crippen LogP contribution in [0.2, 0.25) is 0 Å². The molecular weight excluding hydrogens is 905 g/mol. The monoisotopic (exact) mass is 977 g/mol. The van der Waals surface area contributed by atoms with Crippen molar-refractivity contribution in [3.05, 3.63) is 263 Å².